The lowest BCUT2D eigenvalue weighted by Crippen LogP contribution is -2.34. The van der Waals surface area contributed by atoms with E-state index in [0.29, 0.717) is 5.56 Å². The van der Waals surface area contributed by atoms with Gasteiger partial charge in [-0.3, -0.25) is 4.79 Å². The van der Waals surface area contributed by atoms with E-state index in [-0.39, 0.29) is 12.3 Å². The van der Waals surface area contributed by atoms with Gasteiger partial charge in [-0.1, -0.05) is 18.2 Å². The Bertz CT molecular complexity index is 896. The molecule has 1 N–H and O–H groups in total. The molecule has 0 bridgehead atoms. The van der Waals surface area contributed by atoms with Crippen molar-refractivity contribution in [1.82, 2.24) is 4.72 Å². The number of carbonyl (C=O) groups excluding carboxylic acids is 1. The van der Waals surface area contributed by atoms with Crippen molar-refractivity contribution in [3.8, 4) is 0 Å². The first-order chi connectivity index (χ1) is 12.1. The summed E-state index contributed by atoms with van der Waals surface area (Å²) in [7, 11) is -1.90. The largest absolute Gasteiger partial charge is 0.315 e. The van der Waals surface area contributed by atoms with E-state index in [9.17, 15) is 17.6 Å². The van der Waals surface area contributed by atoms with E-state index in [2.05, 4.69) is 4.72 Å². The molecule has 1 amide bonds. The topological polar surface area (TPSA) is 66.5 Å². The second-order valence-corrected chi connectivity index (χ2v) is 8.20. The molecule has 0 saturated carbocycles. The van der Waals surface area contributed by atoms with Crippen LogP contribution in [0.15, 0.2) is 42.5 Å². The van der Waals surface area contributed by atoms with Crippen LogP contribution in [0, 0.1) is 19.7 Å². The number of aryl methyl sites for hydroxylation is 2. The molecule has 1 unspecified atom stereocenters. The van der Waals surface area contributed by atoms with Crippen LogP contribution in [0.4, 0.5) is 10.1 Å². The van der Waals surface area contributed by atoms with E-state index >= 15 is 0 Å². The van der Waals surface area contributed by atoms with E-state index in [1.807, 2.05) is 32.0 Å². The van der Waals surface area contributed by atoms with Crippen molar-refractivity contribution in [2.45, 2.75) is 26.3 Å². The molecule has 0 aliphatic rings. The molecule has 2 rings (SSSR count). The molecule has 0 aromatic heterocycles. The monoisotopic (exact) mass is 378 g/mol. The lowest BCUT2D eigenvalue weighted by Gasteiger charge is -2.23. The van der Waals surface area contributed by atoms with Crippen molar-refractivity contribution in [2.24, 2.45) is 0 Å². The lowest BCUT2D eigenvalue weighted by molar-refractivity contribution is -0.118. The van der Waals surface area contributed by atoms with Crippen LogP contribution in [0.2, 0.25) is 0 Å². The fraction of sp³-hybridized carbons (Fsp3) is 0.316. The zero-order valence-corrected chi connectivity index (χ0v) is 16.1. The maximum Gasteiger partial charge on any atom is 0.228 e. The van der Waals surface area contributed by atoms with Crippen LogP contribution in [0.3, 0.4) is 0 Å². The predicted octanol–water partition coefficient (Wildman–Crippen LogP) is 3.09. The number of amides is 1. The highest BCUT2D eigenvalue weighted by Crippen LogP contribution is 2.23. The Labute approximate surface area is 153 Å². The maximum absolute atomic E-state index is 13.2. The van der Waals surface area contributed by atoms with Crippen LogP contribution in [0.5, 0.6) is 0 Å². The first-order valence-corrected chi connectivity index (χ1v) is 10.0. The van der Waals surface area contributed by atoms with Gasteiger partial charge in [-0.15, -0.1) is 0 Å². The van der Waals surface area contributed by atoms with Crippen molar-refractivity contribution in [1.29, 1.82) is 0 Å². The second kappa shape index (κ2) is 7.97. The van der Waals surface area contributed by atoms with Crippen molar-refractivity contribution in [3.05, 3.63) is 65.0 Å². The number of benzene rings is 2. The fourth-order valence-corrected chi connectivity index (χ4v) is 3.31. The highest BCUT2D eigenvalue weighted by atomic mass is 32.2. The molecule has 0 spiro atoms. The normalized spacial score (nSPS) is 12.7. The lowest BCUT2D eigenvalue weighted by atomic mass is 10.0. The summed E-state index contributed by atoms with van der Waals surface area (Å²) in [4.78, 5) is 14.2. The number of anilines is 1. The minimum Gasteiger partial charge on any atom is -0.315 e. The third-order valence-corrected chi connectivity index (χ3v) is 4.97. The average Bonchev–Trinajstić information content (AvgIpc) is 2.55. The number of halogens is 1. The van der Waals surface area contributed by atoms with Crippen LogP contribution >= 0.6 is 0 Å². The number of sulfonamides is 1. The Kier molecular flexibility index (Phi) is 6.15. The predicted molar refractivity (Wildman–Crippen MR) is 101 cm³/mol. The van der Waals surface area contributed by atoms with Gasteiger partial charge < -0.3 is 4.90 Å². The van der Waals surface area contributed by atoms with Gasteiger partial charge in [-0.25, -0.2) is 17.5 Å². The summed E-state index contributed by atoms with van der Waals surface area (Å²) >= 11 is 0. The molecular formula is C19H23FN2O3S. The third-order valence-electron chi connectivity index (χ3n) is 4.26. The Balaban J connectivity index is 2.24. The van der Waals surface area contributed by atoms with Crippen molar-refractivity contribution in [2.75, 3.05) is 18.2 Å². The summed E-state index contributed by atoms with van der Waals surface area (Å²) in [6.45, 7) is 3.95. The molecule has 0 fully saturated rings. The number of nitrogens with one attached hydrogen (secondary N) is 1. The SMILES string of the molecule is Cc1ccc(N(C)C(=O)CC(NS(C)(=O)=O)c2ccc(F)cc2)cc1C. The molecule has 2 aromatic carbocycles. The summed E-state index contributed by atoms with van der Waals surface area (Å²) in [5.41, 5.74) is 3.44. The van der Waals surface area contributed by atoms with E-state index in [0.717, 1.165) is 23.1 Å². The van der Waals surface area contributed by atoms with Gasteiger partial charge in [0.05, 0.1) is 12.3 Å². The minimum atomic E-state index is -3.54. The summed E-state index contributed by atoms with van der Waals surface area (Å²) < 4.78 is 39.0. The number of hydrogen-bond donors (Lipinski definition) is 1. The first kappa shape index (κ1) is 20.1. The number of rotatable bonds is 6. The smallest absolute Gasteiger partial charge is 0.228 e. The number of carbonyl (C=O) groups is 1. The highest BCUT2D eigenvalue weighted by molar-refractivity contribution is 7.88. The van der Waals surface area contributed by atoms with Crippen LogP contribution < -0.4 is 9.62 Å². The van der Waals surface area contributed by atoms with Crippen molar-refractivity contribution in [3.63, 3.8) is 0 Å². The molecule has 0 heterocycles. The van der Waals surface area contributed by atoms with E-state index in [1.54, 1.807) is 7.05 Å². The van der Waals surface area contributed by atoms with Gasteiger partial charge >= 0.3 is 0 Å². The van der Waals surface area contributed by atoms with E-state index < -0.39 is 21.9 Å². The molecule has 2 aromatic rings. The van der Waals surface area contributed by atoms with Crippen LogP contribution in [-0.4, -0.2) is 27.6 Å². The van der Waals surface area contributed by atoms with Gasteiger partial charge in [0.25, 0.3) is 0 Å². The van der Waals surface area contributed by atoms with Crippen LogP contribution in [-0.2, 0) is 14.8 Å². The Morgan fingerprint density at radius 1 is 1.12 bits per heavy atom. The minimum absolute atomic E-state index is 0.0812. The maximum atomic E-state index is 13.2. The third kappa shape index (κ3) is 5.37. The van der Waals surface area contributed by atoms with Crippen molar-refractivity contribution >= 4 is 21.6 Å². The second-order valence-electron chi connectivity index (χ2n) is 6.42. The number of hydrogen-bond acceptors (Lipinski definition) is 3. The molecule has 1 atom stereocenters. The molecule has 26 heavy (non-hydrogen) atoms. The fourth-order valence-electron chi connectivity index (χ4n) is 2.57. The molecule has 0 saturated heterocycles. The summed E-state index contributed by atoms with van der Waals surface area (Å²) in [5, 5.41) is 0. The van der Waals surface area contributed by atoms with Gasteiger partial charge in [-0.05, 0) is 54.8 Å². The van der Waals surface area contributed by atoms with Gasteiger partial charge in [0, 0.05) is 19.2 Å². The average molecular weight is 378 g/mol. The Hall–Kier alpha value is -2.25. The zero-order valence-electron chi connectivity index (χ0n) is 15.3. The number of nitrogens with zero attached hydrogens (tertiary/aromatic N) is 1. The molecular weight excluding hydrogens is 355 g/mol. The van der Waals surface area contributed by atoms with Crippen molar-refractivity contribution < 1.29 is 17.6 Å². The summed E-state index contributed by atoms with van der Waals surface area (Å²) in [6.07, 6.45) is 0.948. The van der Waals surface area contributed by atoms with Crippen LogP contribution in [0.25, 0.3) is 0 Å². The van der Waals surface area contributed by atoms with Gasteiger partial charge in [0.15, 0.2) is 0 Å². The quantitative estimate of drug-likeness (QED) is 0.840. The van der Waals surface area contributed by atoms with Gasteiger partial charge in [-0.2, -0.15) is 0 Å². The first-order valence-electron chi connectivity index (χ1n) is 8.13. The standard InChI is InChI=1S/C19H23FN2O3S/c1-13-5-10-17(11-14(13)2)22(3)19(23)12-18(21-26(4,24)25)15-6-8-16(20)9-7-15/h5-11,18,21H,12H2,1-4H3. The van der Waals surface area contributed by atoms with E-state index in [4.69, 9.17) is 0 Å². The molecule has 5 nitrogen and oxygen atoms in total. The molecule has 0 aliphatic carbocycles. The Morgan fingerprint density at radius 2 is 1.73 bits per heavy atom. The van der Waals surface area contributed by atoms with E-state index in [1.165, 1.54) is 29.2 Å². The molecule has 0 radical (unpaired) electrons. The van der Waals surface area contributed by atoms with Crippen LogP contribution in [0.1, 0.15) is 29.2 Å². The molecule has 7 heteroatoms. The highest BCUT2D eigenvalue weighted by Gasteiger charge is 2.22. The summed E-state index contributed by atoms with van der Waals surface area (Å²) in [5.74, 6) is -0.677. The van der Waals surface area contributed by atoms with Gasteiger partial charge in [0.2, 0.25) is 15.9 Å². The Morgan fingerprint density at radius 3 is 2.27 bits per heavy atom. The molecule has 140 valence electrons. The summed E-state index contributed by atoms with van der Waals surface area (Å²) in [6, 6.07) is 10.3. The molecule has 0 aliphatic heterocycles. The zero-order chi connectivity index (χ0) is 19.5. The van der Waals surface area contributed by atoms with Gasteiger partial charge in [0.1, 0.15) is 5.82 Å².